The molecule has 10 heterocycles. The molecule has 0 unspecified atom stereocenters. The maximum atomic E-state index is 7.08. The van der Waals surface area contributed by atoms with Crippen molar-refractivity contribution in [3.63, 3.8) is 0 Å². The summed E-state index contributed by atoms with van der Waals surface area (Å²) in [6.07, 6.45) is 3.54. The molecule has 0 spiro atoms. The molecule has 14 aromatic carbocycles. The van der Waals surface area contributed by atoms with Crippen molar-refractivity contribution in [2.75, 3.05) is 4.90 Å². The normalized spacial score (nSPS) is 13.1. The van der Waals surface area contributed by atoms with E-state index in [4.69, 9.17) is 31.2 Å². The summed E-state index contributed by atoms with van der Waals surface area (Å²) in [6.45, 7) is -0.785. The second-order valence-corrected chi connectivity index (χ2v) is 27.9. The quantitative estimate of drug-likeness (QED) is 0.152. The topological polar surface area (TPSA) is 96.2 Å². The molecule has 3 aliphatic heterocycles. The third-order valence-electron chi connectivity index (χ3n) is 22.4. The van der Waals surface area contributed by atoms with Gasteiger partial charge in [-0.2, -0.15) is 0 Å². The zero-order chi connectivity index (χ0) is 68.5. The monoisotopic (exact) mass is 1340 g/mol. The molecule has 21 aromatic rings. The highest BCUT2D eigenvalue weighted by Crippen LogP contribution is 2.50. The van der Waals surface area contributed by atoms with Crippen LogP contribution in [-0.4, -0.2) is 31.4 Å². The number of aromatic nitrogens is 1. The van der Waals surface area contributed by atoms with Gasteiger partial charge in [-0.1, -0.05) is 228 Å². The molecular formula is C92H54B4N2O7. The van der Waals surface area contributed by atoms with Crippen LogP contribution in [0.5, 0.6) is 11.5 Å². The largest absolute Gasteiger partial charge is 0.471 e. The van der Waals surface area contributed by atoms with Gasteiger partial charge in [0.05, 0.1) is 57.6 Å². The first-order valence-electron chi connectivity index (χ1n) is 35.8. The van der Waals surface area contributed by atoms with Crippen LogP contribution in [0.25, 0.3) is 115 Å². The zero-order valence-electron chi connectivity index (χ0n) is 56.2. The molecule has 0 amide bonds. The van der Waals surface area contributed by atoms with Crippen LogP contribution in [-0.2, 0) is 0 Å². The van der Waals surface area contributed by atoms with E-state index in [0.29, 0.717) is 0 Å². The molecule has 0 radical (unpaired) electrons. The third-order valence-corrected chi connectivity index (χ3v) is 22.4. The maximum absolute atomic E-state index is 7.08. The molecule has 486 valence electrons. The van der Waals surface area contributed by atoms with E-state index in [1.807, 2.05) is 48.5 Å². The number of para-hydroxylation sites is 8. The lowest BCUT2D eigenvalue weighted by molar-refractivity contribution is 0.477. The van der Waals surface area contributed by atoms with E-state index in [2.05, 4.69) is 276 Å². The van der Waals surface area contributed by atoms with E-state index < -0.39 is 0 Å². The molecular weight excluding hydrogens is 1290 g/mol. The van der Waals surface area contributed by atoms with Crippen LogP contribution < -0.4 is 76.0 Å². The fraction of sp³-hybridized carbons (Fsp3) is 0. The summed E-state index contributed by atoms with van der Waals surface area (Å²) in [5, 5.41) is 13.7. The van der Waals surface area contributed by atoms with E-state index in [9.17, 15) is 0 Å². The minimum atomic E-state index is -0.232. The highest BCUT2D eigenvalue weighted by Gasteiger charge is 2.49. The van der Waals surface area contributed by atoms with Crippen molar-refractivity contribution >= 4 is 219 Å². The van der Waals surface area contributed by atoms with Gasteiger partial charge >= 0.3 is 0 Å². The Balaban J connectivity index is 0.000000128. The highest BCUT2D eigenvalue weighted by atomic mass is 16.5. The van der Waals surface area contributed by atoms with Gasteiger partial charge < -0.3 is 40.7 Å². The van der Waals surface area contributed by atoms with Gasteiger partial charge in [-0.3, -0.25) is 0 Å². The van der Waals surface area contributed by atoms with E-state index in [1.54, 1.807) is 12.5 Å². The lowest BCUT2D eigenvalue weighted by Gasteiger charge is -2.33. The van der Waals surface area contributed by atoms with Gasteiger partial charge in [0.15, 0.2) is 11.5 Å². The fourth-order valence-corrected chi connectivity index (χ4v) is 17.9. The second-order valence-electron chi connectivity index (χ2n) is 27.9. The molecule has 0 saturated carbocycles. The Morgan fingerprint density at radius 1 is 0.248 bits per heavy atom. The summed E-state index contributed by atoms with van der Waals surface area (Å²) in [4.78, 5) is 2.27. The van der Waals surface area contributed by atoms with Crippen LogP contribution in [0, 0.1) is 0 Å². The van der Waals surface area contributed by atoms with E-state index in [1.165, 1.54) is 54.3 Å². The van der Waals surface area contributed by atoms with E-state index in [0.717, 1.165) is 155 Å². The average Bonchev–Trinajstić information content (AvgIpc) is 1.53. The van der Waals surface area contributed by atoms with Gasteiger partial charge in [-0.15, -0.1) is 0 Å². The molecule has 0 N–H and O–H groups in total. The maximum Gasteiger partial charge on any atom is 0.290 e. The predicted molar refractivity (Wildman–Crippen MR) is 433 cm³/mol. The molecule has 9 nitrogen and oxygen atoms in total. The lowest BCUT2D eigenvalue weighted by atomic mass is 9.24. The number of fused-ring (bicyclic) bond motifs is 23. The zero-order valence-corrected chi connectivity index (χ0v) is 56.2. The fourth-order valence-electron chi connectivity index (χ4n) is 17.9. The number of anilines is 3. The van der Waals surface area contributed by atoms with Crippen LogP contribution in [0.2, 0.25) is 0 Å². The lowest BCUT2D eigenvalue weighted by Crippen LogP contribution is -2.73. The number of hydrogen-bond acceptors (Lipinski definition) is 8. The minimum Gasteiger partial charge on any atom is -0.471 e. The summed E-state index contributed by atoms with van der Waals surface area (Å²) in [7, 11) is 0. The summed E-state index contributed by atoms with van der Waals surface area (Å²) in [6, 6.07) is 111. The molecule has 7 aromatic heterocycles. The van der Waals surface area contributed by atoms with Crippen LogP contribution in [0.15, 0.2) is 354 Å². The molecule has 24 rings (SSSR count). The number of benzene rings is 14. The Hall–Kier alpha value is -13.5. The molecule has 13 heteroatoms. The van der Waals surface area contributed by atoms with Gasteiger partial charge in [0.25, 0.3) is 26.9 Å². The summed E-state index contributed by atoms with van der Waals surface area (Å²) in [5.41, 5.74) is 24.6. The van der Waals surface area contributed by atoms with Gasteiger partial charge in [-0.25, -0.2) is 0 Å². The molecule has 0 aliphatic carbocycles. The highest BCUT2D eigenvalue weighted by molar-refractivity contribution is 7.13. The van der Waals surface area contributed by atoms with Crippen molar-refractivity contribution in [3.8, 4) is 17.2 Å². The average molecular weight is 1340 g/mol. The Bertz CT molecular complexity index is 7060. The van der Waals surface area contributed by atoms with Gasteiger partial charge in [0, 0.05) is 54.5 Å². The first kappa shape index (κ1) is 58.2. The first-order chi connectivity index (χ1) is 52.1. The molecule has 105 heavy (non-hydrogen) atoms. The van der Waals surface area contributed by atoms with E-state index in [-0.39, 0.29) is 26.9 Å². The van der Waals surface area contributed by atoms with Gasteiger partial charge in [0.1, 0.15) is 33.5 Å². The van der Waals surface area contributed by atoms with Crippen molar-refractivity contribution in [1.82, 2.24) is 4.57 Å². The van der Waals surface area contributed by atoms with Crippen LogP contribution >= 0.6 is 0 Å². The van der Waals surface area contributed by atoms with Crippen molar-refractivity contribution in [3.05, 3.63) is 328 Å². The van der Waals surface area contributed by atoms with Gasteiger partial charge in [0.2, 0.25) is 0 Å². The Labute approximate surface area is 601 Å². The molecule has 3 aliphatic rings. The van der Waals surface area contributed by atoms with Crippen molar-refractivity contribution < 1.29 is 31.2 Å². The molecule has 0 atom stereocenters. The van der Waals surface area contributed by atoms with Crippen LogP contribution in [0.4, 0.5) is 17.1 Å². The number of nitrogens with zero attached hydrogens (tertiary/aromatic N) is 2. The SMILES string of the molecule is c1ccc2c(c1)Oc1ccccc1N2c1ccc(B2c3oc4ccccc4c3B(c3ccc4ccccc4c3)c3oc4ccc5occc5c4c32)cc1.c1ccc2cc(B3c4oc5ccccc5c4B(c4ccc(-n5c6ccccc6c6ccccc65)cc4)c4oc5ccc6occc6c5c43)ccc2c1. The van der Waals surface area contributed by atoms with Crippen molar-refractivity contribution in [2.45, 2.75) is 0 Å². The number of rotatable bonds is 6. The minimum absolute atomic E-state index is 0.181. The number of hydrogen-bond donors (Lipinski definition) is 0. The van der Waals surface area contributed by atoms with Crippen LogP contribution in [0.3, 0.4) is 0 Å². The molecule has 0 fully saturated rings. The summed E-state index contributed by atoms with van der Waals surface area (Å²) in [5.74, 6) is 1.65. The Kier molecular flexibility index (Phi) is 12.5. The summed E-state index contributed by atoms with van der Waals surface area (Å²) >= 11 is 0. The number of ether oxygens (including phenoxy) is 1. The smallest absolute Gasteiger partial charge is 0.290 e. The van der Waals surface area contributed by atoms with Crippen LogP contribution in [0.1, 0.15) is 0 Å². The first-order valence-corrected chi connectivity index (χ1v) is 35.8. The standard InChI is InChI=1S/C46H27B2NO4.C46H27B2NO3/c1-2-10-29-27-31(18-17-28(29)9-1)48-43-34-11-3-6-14-38(34)52-45(43)47(44-42-33-25-26-50-37(33)23-24-41(42)53-46(44)48)30-19-21-32(22-20-30)49-35-12-4-7-15-39(35)51-40-16-8-5-13-36(40)49;1-2-10-29-27-31(18-17-28(29)9-1)48-44-42-35-25-26-50-39(35)23-24-41(42)52-46(44)47(43-36-13-5-8-16-40(36)51-45(43)48)30-19-21-32(22-20-30)49-37-14-6-3-11-33(37)34-12-4-7-15-38(34)49/h1-27H;1-27H. The number of furan rings is 6. The Morgan fingerprint density at radius 2 is 0.619 bits per heavy atom. The molecule has 0 bridgehead atoms. The van der Waals surface area contributed by atoms with E-state index >= 15 is 0 Å². The van der Waals surface area contributed by atoms with Crippen molar-refractivity contribution in [2.24, 2.45) is 0 Å². The van der Waals surface area contributed by atoms with Gasteiger partial charge in [-0.05, 0) is 153 Å². The Morgan fingerprint density at radius 3 is 1.13 bits per heavy atom. The predicted octanol–water partition coefficient (Wildman–Crippen LogP) is 15.5. The van der Waals surface area contributed by atoms with Crippen molar-refractivity contribution in [1.29, 1.82) is 0 Å². The second kappa shape index (κ2) is 22.5. The molecule has 0 saturated heterocycles. The third kappa shape index (κ3) is 8.64. The summed E-state index contributed by atoms with van der Waals surface area (Å²) < 4.78 is 48.8.